The highest BCUT2D eigenvalue weighted by atomic mass is 79.9. The van der Waals surface area contributed by atoms with E-state index in [9.17, 15) is 4.79 Å². The van der Waals surface area contributed by atoms with E-state index in [0.29, 0.717) is 12.2 Å². The van der Waals surface area contributed by atoms with Crippen molar-refractivity contribution in [3.8, 4) is 11.5 Å². The molecule has 4 heteroatoms. The monoisotopic (exact) mass is 450 g/mol. The van der Waals surface area contributed by atoms with Crippen LogP contribution in [0.4, 0.5) is 0 Å². The highest BCUT2D eigenvalue weighted by Crippen LogP contribution is 2.26. The Balaban J connectivity index is 1.76. The van der Waals surface area contributed by atoms with E-state index in [1.807, 2.05) is 48.5 Å². The quantitative estimate of drug-likeness (QED) is 0.302. The number of hydrogen-bond donors (Lipinski definition) is 0. The van der Waals surface area contributed by atoms with E-state index in [0.717, 1.165) is 32.7 Å². The third-order valence-corrected chi connectivity index (χ3v) is 5.33. The van der Waals surface area contributed by atoms with Crippen LogP contribution in [0.5, 0.6) is 11.5 Å². The first kappa shape index (κ1) is 20.9. The minimum absolute atomic E-state index is 0.0403. The third kappa shape index (κ3) is 5.36. The van der Waals surface area contributed by atoms with Crippen molar-refractivity contribution in [2.45, 2.75) is 20.5 Å². The Hall–Kier alpha value is -2.85. The summed E-state index contributed by atoms with van der Waals surface area (Å²) in [5, 5.41) is 0. The SMILES string of the molecule is COc1ccc(/C=C/C(=O)c2ccc(Br)cc2)cc1COc1cccc(C)c1C. The van der Waals surface area contributed by atoms with Crippen molar-refractivity contribution in [1.29, 1.82) is 0 Å². The second-order valence-electron chi connectivity index (χ2n) is 6.76. The van der Waals surface area contributed by atoms with Gasteiger partial charge < -0.3 is 9.47 Å². The smallest absolute Gasteiger partial charge is 0.185 e. The third-order valence-electron chi connectivity index (χ3n) is 4.80. The number of halogens is 1. The number of benzene rings is 3. The predicted octanol–water partition coefficient (Wildman–Crippen LogP) is 6.55. The molecule has 0 heterocycles. The molecule has 0 aliphatic rings. The van der Waals surface area contributed by atoms with E-state index in [2.05, 4.69) is 35.8 Å². The van der Waals surface area contributed by atoms with Gasteiger partial charge in [-0.3, -0.25) is 4.79 Å². The number of carbonyl (C=O) groups is 1. The van der Waals surface area contributed by atoms with Gasteiger partial charge in [-0.05, 0) is 79.1 Å². The average molecular weight is 451 g/mol. The van der Waals surface area contributed by atoms with Crippen LogP contribution in [0.15, 0.2) is 71.2 Å². The molecule has 0 saturated carbocycles. The van der Waals surface area contributed by atoms with Gasteiger partial charge in [-0.15, -0.1) is 0 Å². The Kier molecular flexibility index (Phi) is 6.89. The topological polar surface area (TPSA) is 35.5 Å². The molecule has 3 nitrogen and oxygen atoms in total. The number of rotatable bonds is 7. The second kappa shape index (κ2) is 9.57. The molecule has 0 N–H and O–H groups in total. The van der Waals surface area contributed by atoms with Crippen molar-refractivity contribution in [2.24, 2.45) is 0 Å². The Morgan fingerprint density at radius 3 is 2.48 bits per heavy atom. The molecule has 0 unspecified atom stereocenters. The van der Waals surface area contributed by atoms with Gasteiger partial charge >= 0.3 is 0 Å². The number of carbonyl (C=O) groups excluding carboxylic acids is 1. The molecule has 0 aliphatic heterocycles. The number of methoxy groups -OCH3 is 1. The normalized spacial score (nSPS) is 10.9. The number of allylic oxidation sites excluding steroid dienone is 1. The lowest BCUT2D eigenvalue weighted by molar-refractivity contribution is 0.104. The Labute approximate surface area is 180 Å². The highest BCUT2D eigenvalue weighted by Gasteiger charge is 2.08. The van der Waals surface area contributed by atoms with Gasteiger partial charge in [0.1, 0.15) is 18.1 Å². The van der Waals surface area contributed by atoms with E-state index >= 15 is 0 Å². The molecule has 0 spiro atoms. The van der Waals surface area contributed by atoms with Crippen LogP contribution in [0.2, 0.25) is 0 Å². The average Bonchev–Trinajstić information content (AvgIpc) is 2.73. The standard InChI is InChI=1S/C25H23BrO3/c1-17-5-4-6-24(18(17)2)29-16-21-15-19(8-14-25(21)28-3)7-13-23(27)20-9-11-22(26)12-10-20/h4-15H,16H2,1-3H3/b13-7+. The lowest BCUT2D eigenvalue weighted by Crippen LogP contribution is -2.01. The number of ketones is 1. The number of ether oxygens (including phenoxy) is 2. The van der Waals surface area contributed by atoms with Crippen LogP contribution in [-0.4, -0.2) is 12.9 Å². The van der Waals surface area contributed by atoms with Gasteiger partial charge in [0.2, 0.25) is 0 Å². The Morgan fingerprint density at radius 1 is 1.00 bits per heavy atom. The van der Waals surface area contributed by atoms with Crippen LogP contribution in [0.1, 0.15) is 32.6 Å². The Morgan fingerprint density at radius 2 is 1.76 bits per heavy atom. The summed E-state index contributed by atoms with van der Waals surface area (Å²) in [7, 11) is 1.64. The first-order chi connectivity index (χ1) is 14.0. The molecule has 0 amide bonds. The first-order valence-electron chi connectivity index (χ1n) is 9.32. The summed E-state index contributed by atoms with van der Waals surface area (Å²) >= 11 is 3.38. The van der Waals surface area contributed by atoms with Gasteiger partial charge in [-0.25, -0.2) is 0 Å². The summed E-state index contributed by atoms with van der Waals surface area (Å²) < 4.78 is 12.5. The van der Waals surface area contributed by atoms with Gasteiger partial charge in [-0.1, -0.05) is 40.2 Å². The van der Waals surface area contributed by atoms with E-state index in [1.54, 1.807) is 25.3 Å². The first-order valence-corrected chi connectivity index (χ1v) is 10.1. The Bertz CT molecular complexity index is 1040. The van der Waals surface area contributed by atoms with Gasteiger partial charge in [0, 0.05) is 15.6 Å². The number of aryl methyl sites for hydroxylation is 1. The van der Waals surface area contributed by atoms with Crippen LogP contribution < -0.4 is 9.47 Å². The van der Waals surface area contributed by atoms with Crippen LogP contribution in [-0.2, 0) is 6.61 Å². The molecule has 0 fully saturated rings. The van der Waals surface area contributed by atoms with E-state index in [-0.39, 0.29) is 5.78 Å². The van der Waals surface area contributed by atoms with Gasteiger partial charge in [0.15, 0.2) is 5.78 Å². The fraction of sp³-hybridized carbons (Fsp3) is 0.160. The molecule has 148 valence electrons. The zero-order chi connectivity index (χ0) is 20.8. The molecule has 3 aromatic rings. The summed E-state index contributed by atoms with van der Waals surface area (Å²) in [6.45, 7) is 4.50. The van der Waals surface area contributed by atoms with Crippen molar-refractivity contribution in [3.05, 3.63) is 99.0 Å². The minimum Gasteiger partial charge on any atom is -0.496 e. The van der Waals surface area contributed by atoms with Crippen LogP contribution in [0, 0.1) is 13.8 Å². The zero-order valence-electron chi connectivity index (χ0n) is 16.7. The molecule has 29 heavy (non-hydrogen) atoms. The molecule has 0 aromatic heterocycles. The number of hydrogen-bond acceptors (Lipinski definition) is 3. The lowest BCUT2D eigenvalue weighted by Gasteiger charge is -2.13. The molecule has 0 bridgehead atoms. The maximum absolute atomic E-state index is 12.4. The molecule has 0 radical (unpaired) electrons. The summed E-state index contributed by atoms with van der Waals surface area (Å²) in [5.74, 6) is 1.58. The predicted molar refractivity (Wildman–Crippen MR) is 121 cm³/mol. The van der Waals surface area contributed by atoms with E-state index < -0.39 is 0 Å². The highest BCUT2D eigenvalue weighted by molar-refractivity contribution is 9.10. The summed E-state index contributed by atoms with van der Waals surface area (Å²) in [4.78, 5) is 12.4. The maximum Gasteiger partial charge on any atom is 0.185 e. The summed E-state index contributed by atoms with van der Waals surface area (Å²) in [6.07, 6.45) is 3.39. The van der Waals surface area contributed by atoms with E-state index in [4.69, 9.17) is 9.47 Å². The molecule has 0 aliphatic carbocycles. The molecular weight excluding hydrogens is 428 g/mol. The molecule has 0 atom stereocenters. The van der Waals surface area contributed by atoms with Crippen molar-refractivity contribution in [1.82, 2.24) is 0 Å². The van der Waals surface area contributed by atoms with Crippen LogP contribution >= 0.6 is 15.9 Å². The van der Waals surface area contributed by atoms with Gasteiger partial charge in [0.25, 0.3) is 0 Å². The fourth-order valence-corrected chi connectivity index (χ4v) is 3.20. The molecule has 3 rings (SSSR count). The van der Waals surface area contributed by atoms with Crippen LogP contribution in [0.25, 0.3) is 6.08 Å². The molecular formula is C25H23BrO3. The molecule has 0 saturated heterocycles. The van der Waals surface area contributed by atoms with Crippen molar-refractivity contribution < 1.29 is 14.3 Å². The van der Waals surface area contributed by atoms with Crippen molar-refractivity contribution in [3.63, 3.8) is 0 Å². The maximum atomic E-state index is 12.4. The van der Waals surface area contributed by atoms with Crippen LogP contribution in [0.3, 0.4) is 0 Å². The largest absolute Gasteiger partial charge is 0.496 e. The minimum atomic E-state index is -0.0403. The van der Waals surface area contributed by atoms with Gasteiger partial charge in [-0.2, -0.15) is 0 Å². The fourth-order valence-electron chi connectivity index (χ4n) is 2.93. The lowest BCUT2D eigenvalue weighted by atomic mass is 10.1. The second-order valence-corrected chi connectivity index (χ2v) is 7.68. The van der Waals surface area contributed by atoms with Crippen molar-refractivity contribution >= 4 is 27.8 Å². The summed E-state index contributed by atoms with van der Waals surface area (Å²) in [6, 6.07) is 19.1. The van der Waals surface area contributed by atoms with Crippen molar-refractivity contribution in [2.75, 3.05) is 7.11 Å². The molecule has 3 aromatic carbocycles. The van der Waals surface area contributed by atoms with E-state index in [1.165, 1.54) is 5.56 Å². The van der Waals surface area contributed by atoms with Gasteiger partial charge in [0.05, 0.1) is 7.11 Å². The zero-order valence-corrected chi connectivity index (χ0v) is 18.3. The summed E-state index contributed by atoms with van der Waals surface area (Å²) in [5.41, 5.74) is 4.80.